The summed E-state index contributed by atoms with van der Waals surface area (Å²) in [5.74, 6) is 0.763. The van der Waals surface area contributed by atoms with Gasteiger partial charge in [-0.05, 0) is 23.3 Å². The number of nitrogens with one attached hydrogen (secondary N) is 1. The summed E-state index contributed by atoms with van der Waals surface area (Å²) in [7, 11) is 0. The van der Waals surface area contributed by atoms with Crippen LogP contribution in [-0.2, 0) is 11.2 Å². The molecule has 3 rings (SSSR count). The Balaban J connectivity index is 1.77. The molecule has 20 heavy (non-hydrogen) atoms. The number of rotatable bonds is 3. The number of thiazole rings is 1. The van der Waals surface area contributed by atoms with Gasteiger partial charge < -0.3 is 9.87 Å². The predicted molar refractivity (Wildman–Crippen MR) is 79.5 cm³/mol. The topological polar surface area (TPSA) is 77.9 Å². The van der Waals surface area contributed by atoms with E-state index in [9.17, 15) is 9.35 Å². The molecule has 1 aliphatic rings. The minimum Gasteiger partial charge on any atom is -0.616 e. The summed E-state index contributed by atoms with van der Waals surface area (Å²) in [5, 5.41) is 3.65. The monoisotopic (exact) mass is 327 g/mol. The van der Waals surface area contributed by atoms with E-state index in [1.165, 1.54) is 11.3 Å². The maximum absolute atomic E-state index is 12.1. The van der Waals surface area contributed by atoms with Gasteiger partial charge in [0.05, 0.1) is 0 Å². The highest BCUT2D eigenvalue weighted by Gasteiger charge is 2.34. The molecular formula is C12H10ClN3O2S2. The van der Waals surface area contributed by atoms with E-state index in [0.29, 0.717) is 21.4 Å². The smallest absolute Gasteiger partial charge is 0.265 e. The standard InChI is InChI=1S/C12H10ClN3O2S2/c13-10-9(11(17)15-8-5-20(18)6-8)19-12(16-10)7-2-1-3-14-4-7/h1-4,8H,5-6H2,(H,15,17). The first-order chi connectivity index (χ1) is 9.63. The third-order valence-electron chi connectivity index (χ3n) is 2.81. The Hall–Kier alpha value is -1.15. The first-order valence-electron chi connectivity index (χ1n) is 5.86. The number of carbonyl (C=O) groups excluding carboxylic acids is 1. The third kappa shape index (κ3) is 2.80. The van der Waals surface area contributed by atoms with Gasteiger partial charge in [0, 0.05) is 18.0 Å². The van der Waals surface area contributed by atoms with Crippen molar-refractivity contribution >= 4 is 40.0 Å². The lowest BCUT2D eigenvalue weighted by atomic mass is 10.3. The fraction of sp³-hybridized carbons (Fsp3) is 0.250. The summed E-state index contributed by atoms with van der Waals surface area (Å²) >= 11 is 6.46. The van der Waals surface area contributed by atoms with Crippen molar-refractivity contribution in [2.75, 3.05) is 11.5 Å². The van der Waals surface area contributed by atoms with Crippen LogP contribution in [0.5, 0.6) is 0 Å². The maximum Gasteiger partial charge on any atom is 0.265 e. The van der Waals surface area contributed by atoms with Crippen LogP contribution in [0.3, 0.4) is 0 Å². The average molecular weight is 328 g/mol. The summed E-state index contributed by atoms with van der Waals surface area (Å²) in [6, 6.07) is 3.64. The number of hydrogen-bond acceptors (Lipinski definition) is 5. The summed E-state index contributed by atoms with van der Waals surface area (Å²) in [5.41, 5.74) is 0.822. The number of hydrogen-bond donors (Lipinski definition) is 1. The van der Waals surface area contributed by atoms with Gasteiger partial charge in [0.2, 0.25) is 0 Å². The van der Waals surface area contributed by atoms with Crippen molar-refractivity contribution in [2.45, 2.75) is 6.04 Å². The molecule has 0 atom stereocenters. The highest BCUT2D eigenvalue weighted by molar-refractivity contribution is 7.92. The van der Waals surface area contributed by atoms with Crippen molar-refractivity contribution in [2.24, 2.45) is 0 Å². The van der Waals surface area contributed by atoms with Gasteiger partial charge in [0.1, 0.15) is 27.4 Å². The van der Waals surface area contributed by atoms with Gasteiger partial charge in [-0.2, -0.15) is 0 Å². The molecule has 0 aromatic carbocycles. The maximum atomic E-state index is 12.1. The van der Waals surface area contributed by atoms with Crippen molar-refractivity contribution in [3.63, 3.8) is 0 Å². The van der Waals surface area contributed by atoms with Crippen molar-refractivity contribution < 1.29 is 9.35 Å². The Morgan fingerprint density at radius 1 is 1.55 bits per heavy atom. The molecule has 5 nitrogen and oxygen atoms in total. The second kappa shape index (κ2) is 5.69. The lowest BCUT2D eigenvalue weighted by Gasteiger charge is -2.29. The molecule has 1 saturated heterocycles. The lowest BCUT2D eigenvalue weighted by molar-refractivity contribution is 0.0946. The molecule has 3 heterocycles. The number of nitrogens with zero attached hydrogens (tertiary/aromatic N) is 2. The third-order valence-corrected chi connectivity index (χ3v) is 5.85. The Labute approximate surface area is 127 Å². The predicted octanol–water partition coefficient (Wildman–Crippen LogP) is 1.72. The largest absolute Gasteiger partial charge is 0.616 e. The molecule has 0 aliphatic carbocycles. The summed E-state index contributed by atoms with van der Waals surface area (Å²) in [6.07, 6.45) is 3.34. The van der Waals surface area contributed by atoms with Gasteiger partial charge in [-0.25, -0.2) is 4.98 Å². The lowest BCUT2D eigenvalue weighted by Crippen LogP contribution is -2.52. The molecule has 2 aromatic heterocycles. The van der Waals surface area contributed by atoms with Crippen LogP contribution >= 0.6 is 22.9 Å². The van der Waals surface area contributed by atoms with Crippen LogP contribution in [0.4, 0.5) is 0 Å². The zero-order chi connectivity index (χ0) is 14.1. The molecule has 2 aromatic rings. The van der Waals surface area contributed by atoms with Crippen LogP contribution in [0.25, 0.3) is 10.6 Å². The van der Waals surface area contributed by atoms with Crippen LogP contribution in [0.1, 0.15) is 9.67 Å². The van der Waals surface area contributed by atoms with E-state index >= 15 is 0 Å². The second-order valence-corrected chi connectivity index (χ2v) is 7.23. The Kier molecular flexibility index (Phi) is 3.93. The van der Waals surface area contributed by atoms with Crippen LogP contribution in [0.2, 0.25) is 5.15 Å². The van der Waals surface area contributed by atoms with Gasteiger partial charge >= 0.3 is 0 Å². The molecule has 0 unspecified atom stereocenters. The molecule has 1 aliphatic heterocycles. The van der Waals surface area contributed by atoms with Crippen molar-refractivity contribution in [1.29, 1.82) is 0 Å². The first-order valence-corrected chi connectivity index (χ1v) is 8.54. The number of halogens is 1. The highest BCUT2D eigenvalue weighted by atomic mass is 35.5. The molecule has 1 N–H and O–H groups in total. The molecule has 1 amide bonds. The fourth-order valence-electron chi connectivity index (χ4n) is 1.79. The Morgan fingerprint density at radius 3 is 3.00 bits per heavy atom. The minimum absolute atomic E-state index is 0.0247. The van der Waals surface area contributed by atoms with Gasteiger partial charge in [-0.3, -0.25) is 9.78 Å². The van der Waals surface area contributed by atoms with E-state index in [-0.39, 0.29) is 17.1 Å². The van der Waals surface area contributed by atoms with E-state index < -0.39 is 11.2 Å². The number of aromatic nitrogens is 2. The molecule has 0 radical (unpaired) electrons. The van der Waals surface area contributed by atoms with Crippen molar-refractivity contribution in [3.8, 4) is 10.6 Å². The molecule has 0 spiro atoms. The van der Waals surface area contributed by atoms with Gasteiger partial charge in [0.25, 0.3) is 5.91 Å². The second-order valence-electron chi connectivity index (χ2n) is 4.32. The number of carbonyl (C=O) groups is 1. The summed E-state index contributed by atoms with van der Waals surface area (Å²) < 4.78 is 11.0. The van der Waals surface area contributed by atoms with E-state index in [1.54, 1.807) is 18.5 Å². The van der Waals surface area contributed by atoms with E-state index in [4.69, 9.17) is 11.6 Å². The summed E-state index contributed by atoms with van der Waals surface area (Å²) in [6.45, 7) is 0. The SMILES string of the molecule is O=C(NC1C[S+]([O-])C1)c1sc(-c2cccnc2)nc1Cl. The minimum atomic E-state index is -0.793. The normalized spacial score (nSPS) is 21.3. The van der Waals surface area contributed by atoms with Gasteiger partial charge in [0.15, 0.2) is 5.15 Å². The average Bonchev–Trinajstić information content (AvgIpc) is 2.80. The molecule has 104 valence electrons. The van der Waals surface area contributed by atoms with Crippen LogP contribution in [0, 0.1) is 0 Å². The van der Waals surface area contributed by atoms with Crippen molar-refractivity contribution in [1.82, 2.24) is 15.3 Å². The zero-order valence-electron chi connectivity index (χ0n) is 10.2. The molecule has 8 heteroatoms. The molecular weight excluding hydrogens is 318 g/mol. The van der Waals surface area contributed by atoms with Crippen LogP contribution < -0.4 is 5.32 Å². The molecule has 0 bridgehead atoms. The molecule has 1 fully saturated rings. The van der Waals surface area contributed by atoms with Crippen molar-refractivity contribution in [3.05, 3.63) is 34.6 Å². The van der Waals surface area contributed by atoms with E-state index in [0.717, 1.165) is 5.56 Å². The van der Waals surface area contributed by atoms with Gasteiger partial charge in [-0.1, -0.05) is 11.6 Å². The Morgan fingerprint density at radius 2 is 2.35 bits per heavy atom. The number of amides is 1. The fourth-order valence-corrected chi connectivity index (χ4v) is 3.94. The Bertz CT molecular complexity index is 629. The zero-order valence-corrected chi connectivity index (χ0v) is 12.6. The first kappa shape index (κ1) is 13.8. The quantitative estimate of drug-likeness (QED) is 0.871. The highest BCUT2D eigenvalue weighted by Crippen LogP contribution is 2.30. The van der Waals surface area contributed by atoms with Crippen LogP contribution in [-0.4, -0.2) is 38.0 Å². The van der Waals surface area contributed by atoms with Gasteiger partial charge in [-0.15, -0.1) is 11.3 Å². The van der Waals surface area contributed by atoms with E-state index in [2.05, 4.69) is 15.3 Å². The molecule has 0 saturated carbocycles. The van der Waals surface area contributed by atoms with Crippen LogP contribution in [0.15, 0.2) is 24.5 Å². The summed E-state index contributed by atoms with van der Waals surface area (Å²) in [4.78, 5) is 20.7. The number of pyridine rings is 1. The van der Waals surface area contributed by atoms with E-state index in [1.807, 2.05) is 6.07 Å².